The van der Waals surface area contributed by atoms with Crippen LogP contribution in [0.4, 0.5) is 4.39 Å². The number of rotatable bonds is 3. The Morgan fingerprint density at radius 3 is 2.58 bits per heavy atom. The number of likely N-dealkylation sites (tertiary alicyclic amines) is 1. The van der Waals surface area contributed by atoms with Crippen molar-refractivity contribution in [2.75, 3.05) is 19.7 Å². The maximum absolute atomic E-state index is 13.5. The fourth-order valence-corrected chi connectivity index (χ4v) is 5.52. The summed E-state index contributed by atoms with van der Waals surface area (Å²) in [6.07, 6.45) is 4.75. The Morgan fingerprint density at radius 1 is 1.38 bits per heavy atom. The van der Waals surface area contributed by atoms with E-state index in [0.717, 1.165) is 32.3 Å². The second-order valence-corrected chi connectivity index (χ2v) is 8.56. The maximum atomic E-state index is 13.5. The van der Waals surface area contributed by atoms with Gasteiger partial charge in [-0.05, 0) is 50.9 Å². The molecule has 1 spiro atoms. The van der Waals surface area contributed by atoms with Gasteiger partial charge in [-0.25, -0.2) is 4.39 Å². The summed E-state index contributed by atoms with van der Waals surface area (Å²) < 4.78 is 19.3. The molecule has 0 aromatic rings. The van der Waals surface area contributed by atoms with Crippen LogP contribution in [-0.2, 0) is 9.53 Å². The van der Waals surface area contributed by atoms with Gasteiger partial charge >= 0.3 is 0 Å². The first kappa shape index (κ1) is 16.3. The largest absolute Gasteiger partial charge is 0.375 e. The van der Waals surface area contributed by atoms with Gasteiger partial charge in [0.1, 0.15) is 12.2 Å². The van der Waals surface area contributed by atoms with Crippen LogP contribution in [0.25, 0.3) is 0 Å². The van der Waals surface area contributed by atoms with Gasteiger partial charge in [-0.2, -0.15) is 5.26 Å². The number of hydrogen-bond acceptors (Lipinski definition) is 4. The number of nitriles is 1. The molecule has 6 atom stereocenters. The molecule has 0 bridgehead atoms. The van der Waals surface area contributed by atoms with E-state index in [-0.39, 0.29) is 36.6 Å². The van der Waals surface area contributed by atoms with Crippen LogP contribution in [0.2, 0.25) is 0 Å². The van der Waals surface area contributed by atoms with Crippen LogP contribution in [0.1, 0.15) is 45.4 Å². The van der Waals surface area contributed by atoms with Gasteiger partial charge in [0.25, 0.3) is 0 Å². The standard InChI is InChI=1S/C18H26FN3O2/c1-17(5-12-7-18(2-3-24-18)8-13(12)6-17)21-10-16(23)22-11-14(19)4-15(22)9-20/h12-15,21H,2-8,10-11H2,1H3/t12-,13+,14-,15-,17+,18?/m0/s1. The van der Waals surface area contributed by atoms with E-state index in [9.17, 15) is 9.18 Å². The maximum Gasteiger partial charge on any atom is 0.237 e. The summed E-state index contributed by atoms with van der Waals surface area (Å²) in [5.41, 5.74) is 0.144. The summed E-state index contributed by atoms with van der Waals surface area (Å²) in [5, 5.41) is 12.5. The molecule has 0 aromatic heterocycles. The molecule has 4 fully saturated rings. The number of ether oxygens (including phenoxy) is 1. The Balaban J connectivity index is 1.30. The molecule has 132 valence electrons. The van der Waals surface area contributed by atoms with Crippen molar-refractivity contribution >= 4 is 5.91 Å². The highest BCUT2D eigenvalue weighted by molar-refractivity contribution is 5.79. The molecule has 4 rings (SSSR count). The molecule has 2 heterocycles. The fourth-order valence-electron chi connectivity index (χ4n) is 5.52. The quantitative estimate of drug-likeness (QED) is 0.854. The third-order valence-corrected chi connectivity index (χ3v) is 6.71. The lowest BCUT2D eigenvalue weighted by Gasteiger charge is -2.40. The van der Waals surface area contributed by atoms with Gasteiger partial charge in [0, 0.05) is 12.0 Å². The van der Waals surface area contributed by atoms with Gasteiger partial charge in [0.2, 0.25) is 5.91 Å². The molecular weight excluding hydrogens is 309 g/mol. The van der Waals surface area contributed by atoms with Crippen molar-refractivity contribution in [2.24, 2.45) is 11.8 Å². The number of nitrogens with zero attached hydrogens (tertiary/aromatic N) is 2. The van der Waals surface area contributed by atoms with E-state index in [0.29, 0.717) is 11.8 Å². The average molecular weight is 335 g/mol. The van der Waals surface area contributed by atoms with E-state index in [4.69, 9.17) is 10.00 Å². The molecule has 2 saturated heterocycles. The van der Waals surface area contributed by atoms with Crippen LogP contribution >= 0.6 is 0 Å². The van der Waals surface area contributed by atoms with E-state index in [1.165, 1.54) is 11.3 Å². The first-order chi connectivity index (χ1) is 11.4. The highest BCUT2D eigenvalue weighted by atomic mass is 19.1. The lowest BCUT2D eigenvalue weighted by Crippen LogP contribution is -2.49. The summed E-state index contributed by atoms with van der Waals surface area (Å²) in [6, 6.07) is 1.43. The molecule has 2 aliphatic heterocycles. The summed E-state index contributed by atoms with van der Waals surface area (Å²) in [4.78, 5) is 13.8. The Kier molecular flexibility index (Phi) is 3.85. The third-order valence-electron chi connectivity index (χ3n) is 6.71. The van der Waals surface area contributed by atoms with Crippen molar-refractivity contribution in [3.63, 3.8) is 0 Å². The molecule has 1 amide bonds. The van der Waals surface area contributed by atoms with Crippen molar-refractivity contribution < 1.29 is 13.9 Å². The first-order valence-electron chi connectivity index (χ1n) is 9.14. The number of fused-ring (bicyclic) bond motifs is 1. The minimum atomic E-state index is -1.07. The number of alkyl halides is 1. The number of carbonyl (C=O) groups excluding carboxylic acids is 1. The Bertz CT molecular complexity index is 555. The third kappa shape index (κ3) is 2.72. The van der Waals surface area contributed by atoms with Gasteiger partial charge in [0.15, 0.2) is 0 Å². The lowest BCUT2D eigenvalue weighted by atomic mass is 9.86. The first-order valence-corrected chi connectivity index (χ1v) is 9.14. The van der Waals surface area contributed by atoms with Crippen LogP contribution < -0.4 is 5.32 Å². The predicted octanol–water partition coefficient (Wildman–Crippen LogP) is 1.78. The molecule has 0 aromatic carbocycles. The van der Waals surface area contributed by atoms with E-state index in [1.807, 2.05) is 6.07 Å². The lowest BCUT2D eigenvalue weighted by molar-refractivity contribution is -0.146. The highest BCUT2D eigenvalue weighted by Gasteiger charge is 2.55. The van der Waals surface area contributed by atoms with Gasteiger partial charge < -0.3 is 15.0 Å². The number of hydrogen-bond donors (Lipinski definition) is 1. The zero-order chi connectivity index (χ0) is 16.9. The van der Waals surface area contributed by atoms with Crippen molar-refractivity contribution in [2.45, 2.75) is 68.8 Å². The number of amides is 1. The normalized spacial score (nSPS) is 46.8. The van der Waals surface area contributed by atoms with Crippen molar-refractivity contribution in [3.8, 4) is 6.07 Å². The van der Waals surface area contributed by atoms with Gasteiger partial charge in [-0.3, -0.25) is 4.79 Å². The summed E-state index contributed by atoms with van der Waals surface area (Å²) in [7, 11) is 0. The molecule has 4 aliphatic rings. The molecule has 1 N–H and O–H groups in total. The minimum absolute atomic E-state index is 0.0344. The topological polar surface area (TPSA) is 65.4 Å². The minimum Gasteiger partial charge on any atom is -0.375 e. The molecular formula is C18H26FN3O2. The summed E-state index contributed by atoms with van der Waals surface area (Å²) in [5.74, 6) is 1.22. The Labute approximate surface area is 142 Å². The molecule has 1 unspecified atom stereocenters. The van der Waals surface area contributed by atoms with E-state index < -0.39 is 12.2 Å². The SMILES string of the molecule is C[C@@]1(NCC(=O)N2C[C@@H](F)C[C@H]2C#N)C[C@H]2CC3(CCO3)C[C@H]2C1. The molecule has 2 saturated carbocycles. The second kappa shape index (κ2) is 5.67. The molecule has 24 heavy (non-hydrogen) atoms. The summed E-state index contributed by atoms with van der Waals surface area (Å²) in [6.45, 7) is 3.36. The Morgan fingerprint density at radius 2 is 2.04 bits per heavy atom. The van der Waals surface area contributed by atoms with E-state index >= 15 is 0 Å². The van der Waals surface area contributed by atoms with Crippen LogP contribution in [0, 0.1) is 23.2 Å². The highest BCUT2D eigenvalue weighted by Crippen LogP contribution is 2.56. The monoisotopic (exact) mass is 335 g/mol. The molecule has 2 aliphatic carbocycles. The van der Waals surface area contributed by atoms with E-state index in [2.05, 4.69) is 12.2 Å². The zero-order valence-electron chi connectivity index (χ0n) is 14.3. The van der Waals surface area contributed by atoms with Crippen LogP contribution in [0.3, 0.4) is 0 Å². The van der Waals surface area contributed by atoms with Crippen molar-refractivity contribution in [1.29, 1.82) is 5.26 Å². The smallest absolute Gasteiger partial charge is 0.237 e. The number of nitrogens with one attached hydrogen (secondary N) is 1. The van der Waals surface area contributed by atoms with Crippen molar-refractivity contribution in [1.82, 2.24) is 10.2 Å². The predicted molar refractivity (Wildman–Crippen MR) is 85.8 cm³/mol. The van der Waals surface area contributed by atoms with Crippen LogP contribution in [0.5, 0.6) is 0 Å². The van der Waals surface area contributed by atoms with Gasteiger partial charge in [0.05, 0.1) is 31.4 Å². The molecule has 0 radical (unpaired) electrons. The second-order valence-electron chi connectivity index (χ2n) is 8.56. The fraction of sp³-hybridized carbons (Fsp3) is 0.889. The number of halogens is 1. The molecule has 6 heteroatoms. The number of carbonyl (C=O) groups is 1. The van der Waals surface area contributed by atoms with Crippen LogP contribution in [0.15, 0.2) is 0 Å². The Hall–Kier alpha value is -1.19. The summed E-state index contributed by atoms with van der Waals surface area (Å²) >= 11 is 0. The zero-order valence-corrected chi connectivity index (χ0v) is 14.3. The van der Waals surface area contributed by atoms with Gasteiger partial charge in [-0.1, -0.05) is 0 Å². The van der Waals surface area contributed by atoms with E-state index in [1.54, 1.807) is 0 Å². The molecule has 5 nitrogen and oxygen atoms in total. The van der Waals surface area contributed by atoms with Crippen molar-refractivity contribution in [3.05, 3.63) is 0 Å². The average Bonchev–Trinajstić information content (AvgIpc) is 3.13. The van der Waals surface area contributed by atoms with Crippen LogP contribution in [-0.4, -0.2) is 53.9 Å². The van der Waals surface area contributed by atoms with Gasteiger partial charge in [-0.15, -0.1) is 0 Å².